The zero-order chi connectivity index (χ0) is 26.2. The molecular weight excluding hydrogens is 507 g/mol. The molecule has 13 heteroatoms. The molecular formula is C23H25F5N4O3S. The van der Waals surface area contributed by atoms with Crippen LogP contribution in [0.5, 0.6) is 0 Å². The third-order valence-corrected chi connectivity index (χ3v) is 7.21. The molecule has 1 saturated heterocycles. The summed E-state index contributed by atoms with van der Waals surface area (Å²) in [7, 11) is 0. The van der Waals surface area contributed by atoms with Crippen LogP contribution in [0.1, 0.15) is 83.4 Å². The van der Waals surface area contributed by atoms with Gasteiger partial charge in [0.15, 0.2) is 0 Å². The van der Waals surface area contributed by atoms with Gasteiger partial charge >= 0.3 is 12.1 Å². The second-order valence-electron chi connectivity index (χ2n) is 8.91. The molecule has 1 N–H and O–H groups in total. The molecule has 1 aliphatic heterocycles. The summed E-state index contributed by atoms with van der Waals surface area (Å²) in [5.74, 6) is -2.10. The van der Waals surface area contributed by atoms with Crippen molar-refractivity contribution in [2.45, 2.75) is 70.3 Å². The van der Waals surface area contributed by atoms with Gasteiger partial charge in [0.05, 0.1) is 12.6 Å². The van der Waals surface area contributed by atoms with E-state index in [1.165, 1.54) is 10.3 Å². The van der Waals surface area contributed by atoms with Gasteiger partial charge in [0.1, 0.15) is 17.6 Å². The summed E-state index contributed by atoms with van der Waals surface area (Å²) in [6.07, 6.45) is -4.71. The lowest BCUT2D eigenvalue weighted by Crippen LogP contribution is -2.38. The zero-order valence-corrected chi connectivity index (χ0v) is 20.3. The van der Waals surface area contributed by atoms with E-state index in [1.54, 1.807) is 13.8 Å². The second-order valence-corrected chi connectivity index (χ2v) is 9.77. The van der Waals surface area contributed by atoms with Crippen LogP contribution < -0.4 is 5.32 Å². The van der Waals surface area contributed by atoms with Gasteiger partial charge in [0.2, 0.25) is 5.01 Å². The number of halogens is 5. The molecule has 0 aromatic carbocycles. The van der Waals surface area contributed by atoms with E-state index < -0.39 is 48.0 Å². The van der Waals surface area contributed by atoms with E-state index >= 15 is 0 Å². The Bertz CT molecular complexity index is 1120. The van der Waals surface area contributed by atoms with Crippen molar-refractivity contribution in [3.8, 4) is 0 Å². The van der Waals surface area contributed by atoms with Gasteiger partial charge in [-0.15, -0.1) is 11.3 Å². The van der Waals surface area contributed by atoms with Crippen LogP contribution in [0.25, 0.3) is 0 Å². The number of aromatic nitrogens is 2. The van der Waals surface area contributed by atoms with Crippen molar-refractivity contribution in [3.63, 3.8) is 0 Å². The average molecular weight is 533 g/mol. The average Bonchev–Trinajstić information content (AvgIpc) is 3.38. The van der Waals surface area contributed by atoms with Gasteiger partial charge < -0.3 is 15.0 Å². The van der Waals surface area contributed by atoms with E-state index in [0.29, 0.717) is 25.7 Å². The fourth-order valence-corrected chi connectivity index (χ4v) is 5.19. The first-order valence-corrected chi connectivity index (χ1v) is 12.5. The Hall–Kier alpha value is -2.83. The molecule has 2 aromatic rings. The summed E-state index contributed by atoms with van der Waals surface area (Å²) in [6, 6.07) is -2.01. The first-order valence-electron chi connectivity index (χ1n) is 11.6. The van der Waals surface area contributed by atoms with E-state index in [0.717, 1.165) is 23.6 Å². The summed E-state index contributed by atoms with van der Waals surface area (Å²) in [5.41, 5.74) is -0.417. The minimum absolute atomic E-state index is 0.00356. The number of anilines is 1. The smallest absolute Gasteiger partial charge is 0.408 e. The number of nitrogens with zero attached hydrogens (tertiary/aromatic N) is 3. The summed E-state index contributed by atoms with van der Waals surface area (Å²) in [5, 5.41) is 3.70. The number of pyridine rings is 1. The Labute approximate surface area is 208 Å². The Morgan fingerprint density at radius 2 is 1.97 bits per heavy atom. The number of alkyl halides is 5. The molecule has 1 amide bonds. The predicted molar refractivity (Wildman–Crippen MR) is 121 cm³/mol. The highest BCUT2D eigenvalue weighted by molar-refractivity contribution is 7.11. The molecule has 3 heterocycles. The normalized spacial score (nSPS) is 21.1. The maximum Gasteiger partial charge on any atom is 0.408 e. The standard InChI is InChI=1S/C23H25F5N4O3S/c1-3-35-22(34)20-30-15(10-36-20)21(33)32-11(2)4-7-16(32)14-9-29-17(8-13(14)19(24)25)31-18(12-5-6-12)23(26,27)28/h8-12,16,18-19H,3-7H2,1-2H3,(H,29,31)/t11?,16?,18-/m1/s1. The van der Waals surface area contributed by atoms with E-state index in [1.807, 2.05) is 0 Å². The molecule has 36 heavy (non-hydrogen) atoms. The number of carbonyl (C=O) groups excluding carboxylic acids is 2. The lowest BCUT2D eigenvalue weighted by Gasteiger charge is -2.30. The van der Waals surface area contributed by atoms with E-state index in [2.05, 4.69) is 15.3 Å². The molecule has 3 atom stereocenters. The highest BCUT2D eigenvalue weighted by Gasteiger charge is 2.49. The SMILES string of the molecule is CCOC(=O)c1nc(C(=O)N2C(C)CCC2c2cnc(N[C@H](C3CC3)C(F)(F)F)cc2C(F)F)cs1. The summed E-state index contributed by atoms with van der Waals surface area (Å²) in [4.78, 5) is 34.7. The predicted octanol–water partition coefficient (Wildman–Crippen LogP) is 5.77. The highest BCUT2D eigenvalue weighted by Crippen LogP contribution is 2.43. The third kappa shape index (κ3) is 5.45. The monoisotopic (exact) mass is 532 g/mol. The minimum Gasteiger partial charge on any atom is -0.461 e. The Morgan fingerprint density at radius 1 is 1.25 bits per heavy atom. The molecule has 4 rings (SSSR count). The first-order chi connectivity index (χ1) is 17.0. The van der Waals surface area contributed by atoms with Crippen molar-refractivity contribution in [1.82, 2.24) is 14.9 Å². The van der Waals surface area contributed by atoms with Gasteiger partial charge in [-0.1, -0.05) is 0 Å². The van der Waals surface area contributed by atoms with Gasteiger partial charge in [-0.2, -0.15) is 13.2 Å². The Kier molecular flexibility index (Phi) is 7.48. The van der Waals surface area contributed by atoms with Gasteiger partial charge in [-0.3, -0.25) is 4.79 Å². The van der Waals surface area contributed by atoms with Gasteiger partial charge in [-0.05, 0) is 51.5 Å². The van der Waals surface area contributed by atoms with Crippen LogP contribution in [0, 0.1) is 5.92 Å². The van der Waals surface area contributed by atoms with Gasteiger partial charge in [0.25, 0.3) is 12.3 Å². The second kappa shape index (κ2) is 10.3. The number of rotatable bonds is 8. The maximum absolute atomic E-state index is 14.1. The van der Waals surface area contributed by atoms with Crippen LogP contribution in [0.2, 0.25) is 0 Å². The molecule has 2 aliphatic rings. The molecule has 1 saturated carbocycles. The largest absolute Gasteiger partial charge is 0.461 e. The van der Waals surface area contributed by atoms with Crippen molar-refractivity contribution in [3.05, 3.63) is 39.5 Å². The van der Waals surface area contributed by atoms with E-state index in [9.17, 15) is 31.5 Å². The first kappa shape index (κ1) is 26.2. The number of ether oxygens (including phenoxy) is 1. The lowest BCUT2D eigenvalue weighted by atomic mass is 10.00. The molecule has 2 unspecified atom stereocenters. The number of carbonyl (C=O) groups is 2. The van der Waals surface area contributed by atoms with Crippen molar-refractivity contribution < 1.29 is 36.3 Å². The molecule has 196 valence electrons. The summed E-state index contributed by atoms with van der Waals surface area (Å²) >= 11 is 0.942. The van der Waals surface area contributed by atoms with Crippen molar-refractivity contribution in [2.75, 3.05) is 11.9 Å². The van der Waals surface area contributed by atoms with Crippen LogP contribution in [-0.4, -0.2) is 51.6 Å². The number of likely N-dealkylation sites (tertiary alicyclic amines) is 1. The highest BCUT2D eigenvalue weighted by atomic mass is 32.1. The van der Waals surface area contributed by atoms with Crippen molar-refractivity contribution in [2.24, 2.45) is 5.92 Å². The molecule has 2 aromatic heterocycles. The molecule has 0 radical (unpaired) electrons. The summed E-state index contributed by atoms with van der Waals surface area (Å²) < 4.78 is 73.2. The molecule has 1 aliphatic carbocycles. The zero-order valence-electron chi connectivity index (χ0n) is 19.5. The molecule has 0 bridgehead atoms. The van der Waals surface area contributed by atoms with Crippen LogP contribution in [0.15, 0.2) is 17.6 Å². The molecule has 7 nitrogen and oxygen atoms in total. The van der Waals surface area contributed by atoms with Gasteiger partial charge in [0, 0.05) is 28.7 Å². The third-order valence-electron chi connectivity index (χ3n) is 6.39. The number of hydrogen-bond acceptors (Lipinski definition) is 7. The Balaban J connectivity index is 1.61. The van der Waals surface area contributed by atoms with Crippen molar-refractivity contribution >= 4 is 29.0 Å². The molecule has 0 spiro atoms. The number of amides is 1. The Morgan fingerprint density at radius 3 is 2.58 bits per heavy atom. The van der Waals surface area contributed by atoms with Crippen LogP contribution in [-0.2, 0) is 4.74 Å². The maximum atomic E-state index is 14.1. The quantitative estimate of drug-likeness (QED) is 0.343. The van der Waals surface area contributed by atoms with E-state index in [-0.39, 0.29) is 34.7 Å². The number of thiazole rings is 1. The fraction of sp³-hybridized carbons (Fsp3) is 0.565. The van der Waals surface area contributed by atoms with Crippen LogP contribution in [0.4, 0.5) is 27.8 Å². The summed E-state index contributed by atoms with van der Waals surface area (Å²) in [6.45, 7) is 3.55. The number of nitrogens with one attached hydrogen (secondary N) is 1. The van der Waals surface area contributed by atoms with Crippen molar-refractivity contribution in [1.29, 1.82) is 0 Å². The van der Waals surface area contributed by atoms with Crippen LogP contribution in [0.3, 0.4) is 0 Å². The van der Waals surface area contributed by atoms with Gasteiger partial charge in [-0.25, -0.2) is 23.5 Å². The topological polar surface area (TPSA) is 84.4 Å². The van der Waals surface area contributed by atoms with E-state index in [4.69, 9.17) is 4.74 Å². The number of hydrogen-bond donors (Lipinski definition) is 1. The minimum atomic E-state index is -4.54. The number of esters is 1. The lowest BCUT2D eigenvalue weighted by molar-refractivity contribution is -0.146. The fourth-order valence-electron chi connectivity index (χ4n) is 4.51. The molecule has 2 fully saturated rings. The van der Waals surface area contributed by atoms with Crippen LogP contribution >= 0.6 is 11.3 Å².